The van der Waals surface area contributed by atoms with Gasteiger partial charge in [0.25, 0.3) is 0 Å². The molecule has 8 heteroatoms. The van der Waals surface area contributed by atoms with Gasteiger partial charge in [-0.1, -0.05) is 5.16 Å². The van der Waals surface area contributed by atoms with Crippen molar-refractivity contribution in [3.63, 3.8) is 0 Å². The second-order valence-corrected chi connectivity index (χ2v) is 7.30. The van der Waals surface area contributed by atoms with E-state index < -0.39 is 5.54 Å². The molecule has 0 aliphatic carbocycles. The van der Waals surface area contributed by atoms with Crippen molar-refractivity contribution in [1.29, 1.82) is 0 Å². The monoisotopic (exact) mass is 386 g/mol. The van der Waals surface area contributed by atoms with E-state index in [4.69, 9.17) is 9.26 Å². The molecule has 1 aromatic carbocycles. The Labute approximate surface area is 164 Å². The lowest BCUT2D eigenvalue weighted by Gasteiger charge is -2.44. The summed E-state index contributed by atoms with van der Waals surface area (Å²) >= 11 is 0. The van der Waals surface area contributed by atoms with Crippen molar-refractivity contribution >= 4 is 11.8 Å². The molecule has 1 saturated heterocycles. The second kappa shape index (κ2) is 8.00. The Balaban J connectivity index is 1.61. The number of aryl methyl sites for hydroxylation is 1. The summed E-state index contributed by atoms with van der Waals surface area (Å²) in [7, 11) is 1.76. The van der Waals surface area contributed by atoms with Gasteiger partial charge in [0.2, 0.25) is 23.5 Å². The number of likely N-dealkylation sites (N-methyl/N-ethyl adjacent to an activating group) is 1. The number of carbonyl (C=O) groups is 2. The third kappa shape index (κ3) is 4.00. The molecule has 0 spiro atoms. The molecule has 1 fully saturated rings. The average Bonchev–Trinajstić information content (AvgIpc) is 3.14. The molecule has 28 heavy (non-hydrogen) atoms. The molecule has 1 aliphatic rings. The Morgan fingerprint density at radius 3 is 2.64 bits per heavy atom. The van der Waals surface area contributed by atoms with Gasteiger partial charge in [-0.05, 0) is 45.0 Å². The summed E-state index contributed by atoms with van der Waals surface area (Å²) in [5, 5.41) is 3.99. The number of aromatic nitrogens is 2. The van der Waals surface area contributed by atoms with Gasteiger partial charge >= 0.3 is 0 Å². The lowest BCUT2D eigenvalue weighted by molar-refractivity contribution is -0.157. The lowest BCUT2D eigenvalue weighted by atomic mass is 9.97. The van der Waals surface area contributed by atoms with Crippen molar-refractivity contribution in [2.24, 2.45) is 0 Å². The van der Waals surface area contributed by atoms with Crippen LogP contribution in [0.2, 0.25) is 0 Å². The van der Waals surface area contributed by atoms with Crippen LogP contribution in [0.4, 0.5) is 0 Å². The van der Waals surface area contributed by atoms with E-state index >= 15 is 0 Å². The van der Waals surface area contributed by atoms with Crippen LogP contribution in [0.25, 0.3) is 11.4 Å². The van der Waals surface area contributed by atoms with Gasteiger partial charge in [0.1, 0.15) is 11.3 Å². The number of hydrogen-bond acceptors (Lipinski definition) is 6. The number of carbonyl (C=O) groups excluding carboxylic acids is 2. The Morgan fingerprint density at radius 1 is 1.25 bits per heavy atom. The minimum absolute atomic E-state index is 0.0531. The van der Waals surface area contributed by atoms with E-state index in [0.29, 0.717) is 37.8 Å². The molecule has 0 radical (unpaired) electrons. The van der Waals surface area contributed by atoms with E-state index in [1.54, 1.807) is 30.7 Å². The molecule has 0 atom stereocenters. The zero-order chi connectivity index (χ0) is 20.3. The summed E-state index contributed by atoms with van der Waals surface area (Å²) in [6.07, 6.45) is 0.546. The minimum atomic E-state index is -0.841. The predicted octanol–water partition coefficient (Wildman–Crippen LogP) is 2.15. The fourth-order valence-electron chi connectivity index (χ4n) is 3.34. The van der Waals surface area contributed by atoms with Gasteiger partial charge in [-0.3, -0.25) is 9.59 Å². The largest absolute Gasteiger partial charge is 0.494 e. The van der Waals surface area contributed by atoms with Crippen molar-refractivity contribution < 1.29 is 18.8 Å². The van der Waals surface area contributed by atoms with Gasteiger partial charge in [-0.15, -0.1) is 0 Å². The van der Waals surface area contributed by atoms with Crippen LogP contribution >= 0.6 is 0 Å². The summed E-state index contributed by atoms with van der Waals surface area (Å²) < 4.78 is 10.7. The van der Waals surface area contributed by atoms with Crippen LogP contribution in [0.15, 0.2) is 28.8 Å². The van der Waals surface area contributed by atoms with E-state index in [-0.39, 0.29) is 18.2 Å². The first-order chi connectivity index (χ1) is 13.3. The number of rotatable bonds is 6. The molecule has 1 aliphatic heterocycles. The van der Waals surface area contributed by atoms with Crippen molar-refractivity contribution in [2.75, 3.05) is 26.7 Å². The Morgan fingerprint density at radius 2 is 1.96 bits per heavy atom. The highest BCUT2D eigenvalue weighted by molar-refractivity contribution is 5.91. The van der Waals surface area contributed by atoms with E-state index in [1.807, 2.05) is 31.2 Å². The van der Waals surface area contributed by atoms with E-state index in [2.05, 4.69) is 10.1 Å². The molecule has 0 saturated carbocycles. The zero-order valence-corrected chi connectivity index (χ0v) is 16.8. The number of nitrogens with zero attached hydrogens (tertiary/aromatic N) is 4. The molecule has 8 nitrogen and oxygen atoms in total. The highest BCUT2D eigenvalue weighted by atomic mass is 16.5. The van der Waals surface area contributed by atoms with Crippen molar-refractivity contribution in [2.45, 2.75) is 39.2 Å². The van der Waals surface area contributed by atoms with Gasteiger partial charge < -0.3 is 19.1 Å². The second-order valence-electron chi connectivity index (χ2n) is 7.30. The third-order valence-corrected chi connectivity index (χ3v) is 4.95. The number of hydrogen-bond donors (Lipinski definition) is 0. The SMILES string of the molecule is CCOc1ccc(-c2noc(CCC(=O)N3CCN(C)C(=O)C3(C)C)n2)cc1. The standard InChI is InChI=1S/C20H26N4O4/c1-5-27-15-8-6-14(7-9-15)18-21-16(28-22-18)10-11-17(25)24-13-12-23(4)19(26)20(24,2)3/h6-9H,5,10-13H2,1-4H3. The first kappa shape index (κ1) is 19.9. The quantitative estimate of drug-likeness (QED) is 0.756. The Kier molecular flexibility index (Phi) is 5.67. The highest BCUT2D eigenvalue weighted by Gasteiger charge is 2.42. The van der Waals surface area contributed by atoms with E-state index in [0.717, 1.165) is 11.3 Å². The molecular formula is C20H26N4O4. The first-order valence-corrected chi connectivity index (χ1v) is 9.44. The van der Waals surface area contributed by atoms with Gasteiger partial charge in [-0.25, -0.2) is 0 Å². The van der Waals surface area contributed by atoms with Crippen LogP contribution in [0.5, 0.6) is 5.75 Å². The summed E-state index contributed by atoms with van der Waals surface area (Å²) in [4.78, 5) is 32.7. The van der Waals surface area contributed by atoms with Gasteiger partial charge in [0.05, 0.1) is 6.61 Å². The molecule has 150 valence electrons. The van der Waals surface area contributed by atoms with Gasteiger partial charge in [0.15, 0.2) is 0 Å². The third-order valence-electron chi connectivity index (χ3n) is 4.95. The number of benzene rings is 1. The van der Waals surface area contributed by atoms with Crippen LogP contribution in [-0.4, -0.2) is 64.0 Å². The summed E-state index contributed by atoms with van der Waals surface area (Å²) in [5.41, 5.74) is -0.0255. The summed E-state index contributed by atoms with van der Waals surface area (Å²) in [6.45, 7) is 7.15. The van der Waals surface area contributed by atoms with Crippen molar-refractivity contribution in [1.82, 2.24) is 19.9 Å². The summed E-state index contributed by atoms with van der Waals surface area (Å²) in [6, 6.07) is 7.43. The molecule has 2 heterocycles. The molecule has 0 bridgehead atoms. The van der Waals surface area contributed by atoms with Crippen molar-refractivity contribution in [3.05, 3.63) is 30.2 Å². The Bertz CT molecular complexity index is 844. The first-order valence-electron chi connectivity index (χ1n) is 9.44. The Hall–Kier alpha value is -2.90. The normalized spacial score (nSPS) is 16.4. The smallest absolute Gasteiger partial charge is 0.247 e. The molecule has 0 unspecified atom stereocenters. The minimum Gasteiger partial charge on any atom is -0.494 e. The van der Waals surface area contributed by atoms with Crippen LogP contribution in [0, 0.1) is 0 Å². The fourth-order valence-corrected chi connectivity index (χ4v) is 3.34. The molecule has 3 rings (SSSR count). The van der Waals surface area contributed by atoms with Gasteiger partial charge in [0, 0.05) is 38.5 Å². The highest BCUT2D eigenvalue weighted by Crippen LogP contribution is 2.24. The maximum Gasteiger partial charge on any atom is 0.247 e. The molecular weight excluding hydrogens is 360 g/mol. The molecule has 0 N–H and O–H groups in total. The number of ether oxygens (including phenoxy) is 1. The summed E-state index contributed by atoms with van der Waals surface area (Å²) in [5.74, 6) is 1.51. The van der Waals surface area contributed by atoms with Crippen LogP contribution in [0.1, 0.15) is 33.1 Å². The van der Waals surface area contributed by atoms with Crippen LogP contribution in [0.3, 0.4) is 0 Å². The maximum atomic E-state index is 12.7. The topological polar surface area (TPSA) is 88.8 Å². The maximum absolute atomic E-state index is 12.7. The predicted molar refractivity (Wildman–Crippen MR) is 103 cm³/mol. The molecule has 1 aromatic heterocycles. The fraction of sp³-hybridized carbons (Fsp3) is 0.500. The molecule has 2 aromatic rings. The van der Waals surface area contributed by atoms with Crippen LogP contribution in [-0.2, 0) is 16.0 Å². The zero-order valence-electron chi connectivity index (χ0n) is 16.8. The van der Waals surface area contributed by atoms with Crippen LogP contribution < -0.4 is 4.74 Å². The number of amides is 2. The van der Waals surface area contributed by atoms with Crippen molar-refractivity contribution in [3.8, 4) is 17.1 Å². The lowest BCUT2D eigenvalue weighted by Crippen LogP contribution is -2.63. The molecule has 2 amide bonds. The van der Waals surface area contributed by atoms with E-state index in [9.17, 15) is 9.59 Å². The number of piperazine rings is 1. The van der Waals surface area contributed by atoms with E-state index in [1.165, 1.54) is 0 Å². The van der Waals surface area contributed by atoms with Gasteiger partial charge in [-0.2, -0.15) is 4.98 Å². The average molecular weight is 386 g/mol.